The van der Waals surface area contributed by atoms with Crippen LogP contribution in [0.25, 0.3) is 0 Å². The second kappa shape index (κ2) is 13.1. The zero-order valence-corrected chi connectivity index (χ0v) is 18.2. The van der Waals surface area contributed by atoms with Gasteiger partial charge in [-0.05, 0) is 12.3 Å². The Bertz CT molecular complexity index is 444. The molecule has 144 valence electrons. The average molecular weight is 476 g/mol. The molecule has 7 nitrogen and oxygen atoms in total. The molecule has 0 spiro atoms. The fraction of sp³-hybridized carbons (Fsp3) is 0.933. The van der Waals surface area contributed by atoms with E-state index >= 15 is 0 Å². The van der Waals surface area contributed by atoms with Crippen LogP contribution in [0.1, 0.15) is 20.3 Å². The van der Waals surface area contributed by atoms with Crippen molar-refractivity contribution in [2.45, 2.75) is 20.3 Å². The van der Waals surface area contributed by atoms with Gasteiger partial charge in [-0.1, -0.05) is 13.8 Å². The van der Waals surface area contributed by atoms with Gasteiger partial charge >= 0.3 is 0 Å². The monoisotopic (exact) mass is 476 g/mol. The summed E-state index contributed by atoms with van der Waals surface area (Å²) in [5.41, 5.74) is 0. The first kappa shape index (κ1) is 23.9. The number of sulfone groups is 1. The molecule has 1 rings (SSSR count). The van der Waals surface area contributed by atoms with Crippen molar-refractivity contribution < 1.29 is 13.2 Å². The standard InChI is InChI=1S/C15H32N4O3S.HI/c1-14(2)13-22-10-4-5-17-15(16-3)18-6-7-19-8-11-23(20,21)12-9-19;/h14H,4-13H2,1-3H3,(H2,16,17,18);1H. The first-order valence-electron chi connectivity index (χ1n) is 8.38. The van der Waals surface area contributed by atoms with E-state index in [1.807, 2.05) is 0 Å². The van der Waals surface area contributed by atoms with Crippen LogP contribution < -0.4 is 10.6 Å². The van der Waals surface area contributed by atoms with Crippen molar-refractivity contribution >= 4 is 39.8 Å². The highest BCUT2D eigenvalue weighted by atomic mass is 127. The summed E-state index contributed by atoms with van der Waals surface area (Å²) in [7, 11) is -1.05. The van der Waals surface area contributed by atoms with Crippen LogP contribution in [0.2, 0.25) is 0 Å². The zero-order chi connectivity index (χ0) is 17.1. The summed E-state index contributed by atoms with van der Waals surface area (Å²) in [5, 5.41) is 6.51. The highest BCUT2D eigenvalue weighted by molar-refractivity contribution is 14.0. The molecule has 1 saturated heterocycles. The number of aliphatic imine (C=N–C) groups is 1. The third-order valence-corrected chi connectivity index (χ3v) is 5.20. The second-order valence-electron chi connectivity index (χ2n) is 6.24. The van der Waals surface area contributed by atoms with Gasteiger partial charge < -0.3 is 15.4 Å². The molecular weight excluding hydrogens is 443 g/mol. The lowest BCUT2D eigenvalue weighted by atomic mass is 10.2. The molecular formula is C15H33IN4O3S. The number of halogens is 1. The Balaban J connectivity index is 0.00000529. The molecule has 1 aliphatic rings. The molecule has 0 amide bonds. The molecule has 0 radical (unpaired) electrons. The Morgan fingerprint density at radius 2 is 1.83 bits per heavy atom. The van der Waals surface area contributed by atoms with Crippen molar-refractivity contribution in [3.05, 3.63) is 0 Å². The molecule has 0 aromatic rings. The van der Waals surface area contributed by atoms with Crippen LogP contribution in [0, 0.1) is 5.92 Å². The van der Waals surface area contributed by atoms with Crippen molar-refractivity contribution in [3.8, 4) is 0 Å². The van der Waals surface area contributed by atoms with Gasteiger partial charge in [0, 0.05) is 53.0 Å². The normalized spacial score (nSPS) is 18.2. The van der Waals surface area contributed by atoms with Crippen molar-refractivity contribution in [3.63, 3.8) is 0 Å². The molecule has 2 N–H and O–H groups in total. The van der Waals surface area contributed by atoms with Gasteiger partial charge in [0.1, 0.15) is 0 Å². The van der Waals surface area contributed by atoms with Gasteiger partial charge in [-0.3, -0.25) is 9.89 Å². The van der Waals surface area contributed by atoms with Crippen LogP contribution in [0.3, 0.4) is 0 Å². The number of nitrogens with zero attached hydrogens (tertiary/aromatic N) is 2. The van der Waals surface area contributed by atoms with E-state index in [4.69, 9.17) is 4.74 Å². The summed E-state index contributed by atoms with van der Waals surface area (Å²) in [4.78, 5) is 6.35. The number of guanidine groups is 1. The summed E-state index contributed by atoms with van der Waals surface area (Å²) in [6.07, 6.45) is 0.942. The number of nitrogens with one attached hydrogen (secondary N) is 2. The fourth-order valence-corrected chi connectivity index (χ4v) is 3.50. The van der Waals surface area contributed by atoms with Crippen molar-refractivity contribution in [1.29, 1.82) is 0 Å². The Kier molecular flexibility index (Phi) is 13.1. The largest absolute Gasteiger partial charge is 0.381 e. The number of ether oxygens (including phenoxy) is 1. The second-order valence-corrected chi connectivity index (χ2v) is 8.55. The number of rotatable bonds is 9. The minimum absolute atomic E-state index is 0. The summed E-state index contributed by atoms with van der Waals surface area (Å²) in [5.74, 6) is 1.90. The van der Waals surface area contributed by atoms with Crippen LogP contribution >= 0.6 is 24.0 Å². The first-order valence-corrected chi connectivity index (χ1v) is 10.2. The van der Waals surface area contributed by atoms with E-state index in [0.29, 0.717) is 19.0 Å². The lowest BCUT2D eigenvalue weighted by molar-refractivity contribution is 0.108. The first-order chi connectivity index (χ1) is 10.9. The van der Waals surface area contributed by atoms with Crippen LogP contribution in [-0.4, -0.2) is 83.8 Å². The summed E-state index contributed by atoms with van der Waals surface area (Å²) < 4.78 is 28.3. The summed E-state index contributed by atoms with van der Waals surface area (Å²) >= 11 is 0. The predicted octanol–water partition coefficient (Wildman–Crippen LogP) is 0.563. The zero-order valence-electron chi connectivity index (χ0n) is 15.1. The van der Waals surface area contributed by atoms with Crippen LogP contribution in [0.15, 0.2) is 4.99 Å². The highest BCUT2D eigenvalue weighted by Gasteiger charge is 2.20. The van der Waals surface area contributed by atoms with Crippen LogP contribution in [0.4, 0.5) is 0 Å². The Labute approximate surface area is 163 Å². The molecule has 1 aliphatic heterocycles. The van der Waals surface area contributed by atoms with E-state index in [9.17, 15) is 8.42 Å². The van der Waals surface area contributed by atoms with E-state index in [0.717, 1.165) is 45.2 Å². The molecule has 0 atom stereocenters. The Morgan fingerprint density at radius 3 is 2.42 bits per heavy atom. The molecule has 1 heterocycles. The number of hydrogen-bond acceptors (Lipinski definition) is 5. The minimum atomic E-state index is -2.80. The molecule has 0 aromatic carbocycles. The van der Waals surface area contributed by atoms with Gasteiger partial charge in [-0.2, -0.15) is 0 Å². The van der Waals surface area contributed by atoms with E-state index in [-0.39, 0.29) is 35.5 Å². The maximum absolute atomic E-state index is 11.4. The van der Waals surface area contributed by atoms with Gasteiger partial charge in [0.2, 0.25) is 0 Å². The smallest absolute Gasteiger partial charge is 0.191 e. The summed E-state index contributed by atoms with van der Waals surface area (Å²) in [6.45, 7) is 9.50. The van der Waals surface area contributed by atoms with Gasteiger partial charge in [0.15, 0.2) is 15.8 Å². The molecule has 9 heteroatoms. The lowest BCUT2D eigenvalue weighted by Crippen LogP contribution is -2.46. The average Bonchev–Trinajstić information content (AvgIpc) is 2.50. The van der Waals surface area contributed by atoms with Crippen molar-refractivity contribution in [2.24, 2.45) is 10.9 Å². The Morgan fingerprint density at radius 1 is 1.21 bits per heavy atom. The van der Waals surface area contributed by atoms with Gasteiger partial charge in [-0.15, -0.1) is 24.0 Å². The molecule has 0 aliphatic carbocycles. The topological polar surface area (TPSA) is 83.0 Å². The predicted molar refractivity (Wildman–Crippen MR) is 110 cm³/mol. The van der Waals surface area contributed by atoms with E-state index < -0.39 is 9.84 Å². The van der Waals surface area contributed by atoms with E-state index in [1.165, 1.54) is 0 Å². The summed E-state index contributed by atoms with van der Waals surface area (Å²) in [6, 6.07) is 0. The van der Waals surface area contributed by atoms with Crippen LogP contribution in [0.5, 0.6) is 0 Å². The molecule has 24 heavy (non-hydrogen) atoms. The maximum Gasteiger partial charge on any atom is 0.191 e. The molecule has 0 bridgehead atoms. The minimum Gasteiger partial charge on any atom is -0.381 e. The third kappa shape index (κ3) is 11.4. The highest BCUT2D eigenvalue weighted by Crippen LogP contribution is 2.02. The van der Waals surface area contributed by atoms with Crippen molar-refractivity contribution in [2.75, 3.05) is 64.5 Å². The van der Waals surface area contributed by atoms with Gasteiger partial charge in [0.25, 0.3) is 0 Å². The third-order valence-electron chi connectivity index (χ3n) is 3.59. The fourth-order valence-electron chi connectivity index (χ4n) is 2.23. The lowest BCUT2D eigenvalue weighted by Gasteiger charge is -2.26. The molecule has 0 aromatic heterocycles. The number of hydrogen-bond donors (Lipinski definition) is 2. The SMILES string of the molecule is CN=C(NCCCOCC(C)C)NCCN1CCS(=O)(=O)CC1.I. The van der Waals surface area contributed by atoms with Gasteiger partial charge in [0.05, 0.1) is 11.5 Å². The molecule has 0 unspecified atom stereocenters. The Hall–Kier alpha value is -0.130. The molecule has 1 fully saturated rings. The maximum atomic E-state index is 11.4. The van der Waals surface area contributed by atoms with Crippen molar-refractivity contribution in [1.82, 2.24) is 15.5 Å². The quantitative estimate of drug-likeness (QED) is 0.219. The van der Waals surface area contributed by atoms with Gasteiger partial charge in [-0.25, -0.2) is 8.42 Å². The van der Waals surface area contributed by atoms with Crippen LogP contribution in [-0.2, 0) is 14.6 Å². The van der Waals surface area contributed by atoms with E-state index in [1.54, 1.807) is 7.05 Å². The van der Waals surface area contributed by atoms with E-state index in [2.05, 4.69) is 34.4 Å². The molecule has 0 saturated carbocycles.